The van der Waals surface area contributed by atoms with E-state index in [2.05, 4.69) is 158 Å². The van der Waals surface area contributed by atoms with Crippen molar-refractivity contribution in [2.75, 3.05) is 0 Å². The molecule has 0 atom stereocenters. The highest BCUT2D eigenvalue weighted by Crippen LogP contribution is 2.47. The first kappa shape index (κ1) is 22.8. The van der Waals surface area contributed by atoms with E-state index in [9.17, 15) is 0 Å². The average Bonchev–Trinajstić information content (AvgIpc) is 3.04. The monoisotopic (exact) mass is 506 g/mol. The van der Waals surface area contributed by atoms with Crippen LogP contribution in [0.2, 0.25) is 0 Å². The summed E-state index contributed by atoms with van der Waals surface area (Å²) in [6, 6.07) is 57.5. The van der Waals surface area contributed by atoms with Gasteiger partial charge in [0.15, 0.2) is 0 Å². The third kappa shape index (κ3) is 3.47. The summed E-state index contributed by atoms with van der Waals surface area (Å²) in [5, 5.41) is 10.3. The van der Waals surface area contributed by atoms with E-state index >= 15 is 0 Å². The maximum atomic E-state index is 2.37. The van der Waals surface area contributed by atoms with E-state index in [0.717, 1.165) is 0 Å². The molecule has 0 N–H and O–H groups in total. The Labute approximate surface area is 233 Å². The van der Waals surface area contributed by atoms with E-state index in [4.69, 9.17) is 0 Å². The number of hydrogen-bond acceptors (Lipinski definition) is 0. The zero-order chi connectivity index (χ0) is 26.5. The Bertz CT molecular complexity index is 2130. The Hall–Kier alpha value is -5.20. The van der Waals surface area contributed by atoms with Crippen LogP contribution in [0.15, 0.2) is 158 Å². The van der Waals surface area contributed by atoms with Crippen molar-refractivity contribution in [3.8, 4) is 33.4 Å². The second-order valence-electron chi connectivity index (χ2n) is 10.4. The number of benzene rings is 8. The van der Waals surface area contributed by atoms with Gasteiger partial charge in [0.25, 0.3) is 0 Å². The minimum Gasteiger partial charge on any atom is -0.0622 e. The van der Waals surface area contributed by atoms with Gasteiger partial charge in [-0.2, -0.15) is 0 Å². The van der Waals surface area contributed by atoms with Crippen LogP contribution in [0.5, 0.6) is 0 Å². The van der Waals surface area contributed by atoms with Crippen molar-refractivity contribution in [2.24, 2.45) is 0 Å². The van der Waals surface area contributed by atoms with Gasteiger partial charge in [-0.05, 0) is 82.5 Å². The number of fused-ring (bicyclic) bond motifs is 5. The van der Waals surface area contributed by atoms with Crippen molar-refractivity contribution < 1.29 is 0 Å². The molecule has 0 spiro atoms. The highest BCUT2D eigenvalue weighted by Gasteiger charge is 2.20. The molecule has 0 bridgehead atoms. The smallest absolute Gasteiger partial charge is 0.00199 e. The molecule has 0 unspecified atom stereocenters. The second kappa shape index (κ2) is 9.22. The van der Waals surface area contributed by atoms with Gasteiger partial charge in [0.2, 0.25) is 0 Å². The summed E-state index contributed by atoms with van der Waals surface area (Å²) in [6.07, 6.45) is 0. The van der Waals surface area contributed by atoms with Crippen molar-refractivity contribution in [1.29, 1.82) is 0 Å². The normalized spacial score (nSPS) is 11.5. The van der Waals surface area contributed by atoms with Crippen molar-refractivity contribution in [3.05, 3.63) is 158 Å². The van der Waals surface area contributed by atoms with Crippen LogP contribution in [-0.4, -0.2) is 0 Å². The van der Waals surface area contributed by atoms with Crippen LogP contribution in [0, 0.1) is 0 Å². The van der Waals surface area contributed by atoms with Crippen molar-refractivity contribution in [2.45, 2.75) is 0 Å². The molecule has 0 heteroatoms. The van der Waals surface area contributed by atoms with Gasteiger partial charge in [-0.1, -0.05) is 152 Å². The van der Waals surface area contributed by atoms with Crippen molar-refractivity contribution >= 4 is 43.1 Å². The van der Waals surface area contributed by atoms with Crippen LogP contribution in [0.4, 0.5) is 0 Å². The van der Waals surface area contributed by atoms with Crippen LogP contribution in [-0.2, 0) is 0 Å². The summed E-state index contributed by atoms with van der Waals surface area (Å²) in [5.41, 5.74) is 7.61. The summed E-state index contributed by atoms with van der Waals surface area (Å²) >= 11 is 0. The standard InChI is InChI=1S/C40H26/c1-3-14-27(15-4-1)37-26-29-18-7-8-19-30(29)31-24-13-25-36(40(31)37)39-34-22-11-9-20-32(34)38(28-16-5-2-6-17-28)33-21-10-12-23-35(33)39/h1-26H. The van der Waals surface area contributed by atoms with Gasteiger partial charge in [0.1, 0.15) is 0 Å². The molecule has 0 aliphatic carbocycles. The molecule has 0 heterocycles. The molecule has 0 nitrogen and oxygen atoms in total. The molecule has 40 heavy (non-hydrogen) atoms. The Morgan fingerprint density at radius 1 is 0.275 bits per heavy atom. The molecular formula is C40H26. The quantitative estimate of drug-likeness (QED) is 0.165. The maximum Gasteiger partial charge on any atom is -0.00199 e. The van der Waals surface area contributed by atoms with Gasteiger partial charge in [0, 0.05) is 0 Å². The van der Waals surface area contributed by atoms with Crippen LogP contribution >= 0.6 is 0 Å². The molecule has 0 amide bonds. The molecule has 0 aliphatic rings. The molecule has 0 aromatic heterocycles. The van der Waals surface area contributed by atoms with Gasteiger partial charge in [-0.15, -0.1) is 0 Å². The fraction of sp³-hybridized carbons (Fsp3) is 0. The lowest BCUT2D eigenvalue weighted by atomic mass is 9.82. The minimum absolute atomic E-state index is 1.24. The molecule has 8 aromatic rings. The van der Waals surface area contributed by atoms with Crippen molar-refractivity contribution in [1.82, 2.24) is 0 Å². The Kier molecular flexibility index (Phi) is 5.24. The molecule has 0 saturated carbocycles. The van der Waals surface area contributed by atoms with Crippen LogP contribution < -0.4 is 0 Å². The molecule has 8 aromatic carbocycles. The van der Waals surface area contributed by atoms with E-state index in [1.54, 1.807) is 0 Å². The molecule has 0 fully saturated rings. The van der Waals surface area contributed by atoms with Crippen LogP contribution in [0.3, 0.4) is 0 Å². The largest absolute Gasteiger partial charge is 0.0622 e. The predicted octanol–water partition coefficient (Wildman–Crippen LogP) is 11.3. The first-order valence-electron chi connectivity index (χ1n) is 13.9. The SMILES string of the molecule is c1ccc(-c2c3ccccc3c(-c3cccc4c3c(-c3ccccc3)cc3ccccc34)c3ccccc23)cc1. The lowest BCUT2D eigenvalue weighted by Gasteiger charge is -2.20. The van der Waals surface area contributed by atoms with E-state index in [-0.39, 0.29) is 0 Å². The third-order valence-corrected chi connectivity index (χ3v) is 8.23. The Morgan fingerprint density at radius 2 is 0.750 bits per heavy atom. The van der Waals surface area contributed by atoms with E-state index in [1.807, 2.05) is 0 Å². The maximum absolute atomic E-state index is 2.37. The molecule has 0 aliphatic heterocycles. The fourth-order valence-electron chi connectivity index (χ4n) is 6.55. The summed E-state index contributed by atoms with van der Waals surface area (Å²) in [6.45, 7) is 0. The lowest BCUT2D eigenvalue weighted by molar-refractivity contribution is 1.65. The Balaban J connectivity index is 1.59. The molecular weight excluding hydrogens is 480 g/mol. The lowest BCUT2D eigenvalue weighted by Crippen LogP contribution is -1.93. The van der Waals surface area contributed by atoms with Gasteiger partial charge < -0.3 is 0 Å². The second-order valence-corrected chi connectivity index (χ2v) is 10.4. The van der Waals surface area contributed by atoms with Crippen LogP contribution in [0.1, 0.15) is 0 Å². The van der Waals surface area contributed by atoms with E-state index < -0.39 is 0 Å². The fourth-order valence-corrected chi connectivity index (χ4v) is 6.55. The van der Waals surface area contributed by atoms with E-state index in [1.165, 1.54) is 76.5 Å². The van der Waals surface area contributed by atoms with Gasteiger partial charge >= 0.3 is 0 Å². The summed E-state index contributed by atoms with van der Waals surface area (Å²) < 4.78 is 0. The predicted molar refractivity (Wildman–Crippen MR) is 173 cm³/mol. The first-order chi connectivity index (χ1) is 19.9. The van der Waals surface area contributed by atoms with Gasteiger partial charge in [-0.25, -0.2) is 0 Å². The van der Waals surface area contributed by atoms with Crippen molar-refractivity contribution in [3.63, 3.8) is 0 Å². The molecule has 186 valence electrons. The van der Waals surface area contributed by atoms with Crippen LogP contribution in [0.25, 0.3) is 76.5 Å². The first-order valence-corrected chi connectivity index (χ1v) is 13.9. The third-order valence-electron chi connectivity index (χ3n) is 8.23. The Morgan fingerprint density at radius 3 is 1.38 bits per heavy atom. The molecule has 0 saturated heterocycles. The summed E-state index contributed by atoms with van der Waals surface area (Å²) in [4.78, 5) is 0. The van der Waals surface area contributed by atoms with Gasteiger partial charge in [0.05, 0.1) is 0 Å². The summed E-state index contributed by atoms with van der Waals surface area (Å²) in [7, 11) is 0. The topological polar surface area (TPSA) is 0 Å². The average molecular weight is 507 g/mol. The summed E-state index contributed by atoms with van der Waals surface area (Å²) in [5.74, 6) is 0. The minimum atomic E-state index is 1.24. The number of hydrogen-bond donors (Lipinski definition) is 0. The molecule has 8 rings (SSSR count). The highest BCUT2D eigenvalue weighted by atomic mass is 14.2. The zero-order valence-corrected chi connectivity index (χ0v) is 22.0. The highest BCUT2D eigenvalue weighted by molar-refractivity contribution is 6.26. The van der Waals surface area contributed by atoms with E-state index in [0.29, 0.717) is 0 Å². The molecule has 0 radical (unpaired) electrons. The zero-order valence-electron chi connectivity index (χ0n) is 22.0. The number of rotatable bonds is 3. The van der Waals surface area contributed by atoms with Gasteiger partial charge in [-0.3, -0.25) is 0 Å².